The van der Waals surface area contributed by atoms with Gasteiger partial charge in [0.05, 0.1) is 6.10 Å². The summed E-state index contributed by atoms with van der Waals surface area (Å²) < 4.78 is 3.42. The monoisotopic (exact) mass is 251 g/mol. The Labute approximate surface area is 106 Å². The van der Waals surface area contributed by atoms with E-state index in [2.05, 4.69) is 5.10 Å². The van der Waals surface area contributed by atoms with Crippen molar-refractivity contribution in [3.8, 4) is 0 Å². The molecule has 1 fully saturated rings. The molecule has 2 aliphatic rings. The molecule has 2 atom stereocenters. The minimum absolute atomic E-state index is 0.0391. The number of fused-ring (bicyclic) bond motifs is 1. The fourth-order valence-corrected chi connectivity index (χ4v) is 3.24. The van der Waals surface area contributed by atoms with E-state index < -0.39 is 0 Å². The van der Waals surface area contributed by atoms with Crippen molar-refractivity contribution >= 4 is 0 Å². The van der Waals surface area contributed by atoms with Crippen molar-refractivity contribution in [1.82, 2.24) is 14.3 Å². The maximum absolute atomic E-state index is 12.1. The molecule has 1 N–H and O–H groups in total. The summed E-state index contributed by atoms with van der Waals surface area (Å²) in [5, 5.41) is 14.2. The van der Waals surface area contributed by atoms with Crippen LogP contribution in [0.25, 0.3) is 0 Å². The Morgan fingerprint density at radius 2 is 2.17 bits per heavy atom. The Balaban J connectivity index is 1.69. The van der Waals surface area contributed by atoms with Crippen LogP contribution in [0, 0.1) is 5.92 Å². The first-order valence-electron chi connectivity index (χ1n) is 7.10. The normalized spacial score (nSPS) is 27.4. The average molecular weight is 251 g/mol. The Bertz CT molecular complexity index is 477. The van der Waals surface area contributed by atoms with E-state index in [-0.39, 0.29) is 11.8 Å². The predicted octanol–water partition coefficient (Wildman–Crippen LogP) is 0.932. The lowest BCUT2D eigenvalue weighted by Crippen LogP contribution is -2.28. The standard InChI is InChI=1S/C13H21N3O2/c17-11-5-3-4-10(11)7-9-16-13(18)15-8-2-1-6-12(15)14-16/h10-11,17H,1-9H2. The molecule has 3 rings (SSSR count). The van der Waals surface area contributed by atoms with Crippen molar-refractivity contribution in [2.24, 2.45) is 5.92 Å². The van der Waals surface area contributed by atoms with E-state index in [0.717, 1.165) is 57.3 Å². The van der Waals surface area contributed by atoms with Crippen LogP contribution < -0.4 is 5.69 Å². The van der Waals surface area contributed by atoms with Gasteiger partial charge in [-0.2, -0.15) is 5.10 Å². The average Bonchev–Trinajstić information content (AvgIpc) is 2.92. The summed E-state index contributed by atoms with van der Waals surface area (Å²) in [6.45, 7) is 1.47. The van der Waals surface area contributed by atoms with E-state index in [1.165, 1.54) is 0 Å². The molecule has 0 amide bonds. The molecule has 2 heterocycles. The van der Waals surface area contributed by atoms with Crippen LogP contribution in [-0.4, -0.2) is 25.6 Å². The minimum Gasteiger partial charge on any atom is -0.393 e. The predicted molar refractivity (Wildman–Crippen MR) is 67.4 cm³/mol. The molecule has 0 saturated heterocycles. The molecular formula is C13H21N3O2. The Hall–Kier alpha value is -1.10. The molecule has 0 spiro atoms. The van der Waals surface area contributed by atoms with Gasteiger partial charge >= 0.3 is 5.69 Å². The van der Waals surface area contributed by atoms with E-state index in [1.807, 2.05) is 4.57 Å². The quantitative estimate of drug-likeness (QED) is 0.869. The van der Waals surface area contributed by atoms with Crippen LogP contribution in [0.3, 0.4) is 0 Å². The van der Waals surface area contributed by atoms with Crippen LogP contribution in [0.1, 0.15) is 44.3 Å². The third-order valence-corrected chi connectivity index (χ3v) is 4.36. The molecule has 5 nitrogen and oxygen atoms in total. The van der Waals surface area contributed by atoms with Gasteiger partial charge in [0, 0.05) is 19.5 Å². The fraction of sp³-hybridized carbons (Fsp3) is 0.846. The lowest BCUT2D eigenvalue weighted by atomic mass is 10.0. The second-order valence-corrected chi connectivity index (χ2v) is 5.58. The van der Waals surface area contributed by atoms with Gasteiger partial charge in [0.25, 0.3) is 0 Å². The molecule has 100 valence electrons. The molecule has 1 aliphatic carbocycles. The number of hydrogen-bond acceptors (Lipinski definition) is 3. The van der Waals surface area contributed by atoms with E-state index in [1.54, 1.807) is 4.68 Å². The summed E-state index contributed by atoms with van der Waals surface area (Å²) in [4.78, 5) is 12.1. The summed E-state index contributed by atoms with van der Waals surface area (Å²) in [5.41, 5.74) is 0.0391. The van der Waals surface area contributed by atoms with Crippen LogP contribution in [0.2, 0.25) is 0 Å². The molecule has 0 aromatic carbocycles. The van der Waals surface area contributed by atoms with Gasteiger partial charge in [0.2, 0.25) is 0 Å². The first-order valence-corrected chi connectivity index (χ1v) is 7.10. The Morgan fingerprint density at radius 3 is 2.89 bits per heavy atom. The highest BCUT2D eigenvalue weighted by Gasteiger charge is 2.25. The summed E-state index contributed by atoms with van der Waals surface area (Å²) >= 11 is 0. The molecule has 1 saturated carbocycles. The van der Waals surface area contributed by atoms with Gasteiger partial charge in [-0.25, -0.2) is 9.48 Å². The topological polar surface area (TPSA) is 60.1 Å². The number of nitrogens with zero attached hydrogens (tertiary/aromatic N) is 3. The molecule has 1 aromatic heterocycles. The minimum atomic E-state index is -0.169. The smallest absolute Gasteiger partial charge is 0.345 e. The number of rotatable bonds is 3. The number of aromatic nitrogens is 3. The number of aliphatic hydroxyl groups excluding tert-OH is 1. The SMILES string of the molecule is O=c1n(CCC2CCCC2O)nc2n1CCCC2. The number of aliphatic hydroxyl groups is 1. The largest absolute Gasteiger partial charge is 0.393 e. The van der Waals surface area contributed by atoms with Gasteiger partial charge in [0.15, 0.2) is 0 Å². The van der Waals surface area contributed by atoms with Crippen molar-refractivity contribution in [3.05, 3.63) is 16.3 Å². The molecule has 0 bridgehead atoms. The van der Waals surface area contributed by atoms with Crippen molar-refractivity contribution < 1.29 is 5.11 Å². The highest BCUT2D eigenvalue weighted by Crippen LogP contribution is 2.28. The number of aryl methyl sites for hydroxylation is 2. The molecule has 1 aromatic rings. The third-order valence-electron chi connectivity index (χ3n) is 4.36. The molecule has 0 radical (unpaired) electrons. The van der Waals surface area contributed by atoms with E-state index in [4.69, 9.17) is 0 Å². The Morgan fingerprint density at radius 1 is 1.28 bits per heavy atom. The first-order chi connectivity index (χ1) is 8.75. The maximum Gasteiger partial charge on any atom is 0.345 e. The molecule has 5 heteroatoms. The Kier molecular flexibility index (Phi) is 3.24. The second-order valence-electron chi connectivity index (χ2n) is 5.58. The fourth-order valence-electron chi connectivity index (χ4n) is 3.24. The van der Waals surface area contributed by atoms with E-state index in [0.29, 0.717) is 12.5 Å². The zero-order valence-electron chi connectivity index (χ0n) is 10.7. The molecule has 2 unspecified atom stereocenters. The van der Waals surface area contributed by atoms with Crippen LogP contribution in [-0.2, 0) is 19.5 Å². The van der Waals surface area contributed by atoms with Gasteiger partial charge in [-0.05, 0) is 38.0 Å². The van der Waals surface area contributed by atoms with Crippen LogP contribution in [0.4, 0.5) is 0 Å². The third kappa shape index (κ3) is 2.11. The van der Waals surface area contributed by atoms with Gasteiger partial charge in [0.1, 0.15) is 5.82 Å². The highest BCUT2D eigenvalue weighted by molar-refractivity contribution is 4.91. The summed E-state index contributed by atoms with van der Waals surface area (Å²) in [5.74, 6) is 1.30. The van der Waals surface area contributed by atoms with Gasteiger partial charge in [-0.15, -0.1) is 0 Å². The summed E-state index contributed by atoms with van der Waals surface area (Å²) in [6.07, 6.45) is 6.96. The molecular weight excluding hydrogens is 230 g/mol. The van der Waals surface area contributed by atoms with E-state index >= 15 is 0 Å². The summed E-state index contributed by atoms with van der Waals surface area (Å²) in [7, 11) is 0. The van der Waals surface area contributed by atoms with E-state index in [9.17, 15) is 9.90 Å². The first kappa shape index (κ1) is 12.0. The zero-order valence-corrected chi connectivity index (χ0v) is 10.7. The van der Waals surface area contributed by atoms with Crippen molar-refractivity contribution in [1.29, 1.82) is 0 Å². The summed E-state index contributed by atoms with van der Waals surface area (Å²) in [6, 6.07) is 0. The van der Waals surface area contributed by atoms with Crippen molar-refractivity contribution in [2.75, 3.05) is 0 Å². The highest BCUT2D eigenvalue weighted by atomic mass is 16.3. The van der Waals surface area contributed by atoms with Gasteiger partial charge in [-0.3, -0.25) is 4.57 Å². The van der Waals surface area contributed by atoms with Crippen molar-refractivity contribution in [3.63, 3.8) is 0 Å². The lowest BCUT2D eigenvalue weighted by Gasteiger charge is -2.13. The van der Waals surface area contributed by atoms with Crippen LogP contribution >= 0.6 is 0 Å². The molecule has 1 aliphatic heterocycles. The van der Waals surface area contributed by atoms with Crippen molar-refractivity contribution in [2.45, 2.75) is 64.1 Å². The zero-order chi connectivity index (χ0) is 12.5. The van der Waals surface area contributed by atoms with Crippen LogP contribution in [0.15, 0.2) is 4.79 Å². The molecule has 18 heavy (non-hydrogen) atoms. The maximum atomic E-state index is 12.1. The lowest BCUT2D eigenvalue weighted by molar-refractivity contribution is 0.124. The van der Waals surface area contributed by atoms with Gasteiger partial charge in [-0.1, -0.05) is 6.42 Å². The number of hydrogen-bond donors (Lipinski definition) is 1. The van der Waals surface area contributed by atoms with Gasteiger partial charge < -0.3 is 5.11 Å². The second kappa shape index (κ2) is 4.88. The van der Waals surface area contributed by atoms with Crippen LogP contribution in [0.5, 0.6) is 0 Å².